The van der Waals surface area contributed by atoms with Gasteiger partial charge in [-0.1, -0.05) is 86.5 Å². The van der Waals surface area contributed by atoms with Crippen LogP contribution in [0.2, 0.25) is 0 Å². The highest BCUT2D eigenvalue weighted by atomic mass is 14.7. The third-order valence-electron chi connectivity index (χ3n) is 2.42. The topological polar surface area (TPSA) is 12.0 Å². The molecule has 0 spiro atoms. The Morgan fingerprint density at radius 3 is 1.38 bits per heavy atom. The lowest BCUT2D eigenvalue weighted by Crippen LogP contribution is -1.89. The van der Waals surface area contributed by atoms with E-state index in [2.05, 4.69) is 25.1 Å². The van der Waals surface area contributed by atoms with Crippen molar-refractivity contribution in [3.05, 3.63) is 91.0 Å². The monoisotopic (exact) mass is 279 g/mol. The molecule has 2 rings (SSSR count). The molecule has 21 heavy (non-hydrogen) atoms. The fraction of sp³-hybridized carbons (Fsp3) is 0.100. The Labute approximate surface area is 129 Å². The summed E-state index contributed by atoms with van der Waals surface area (Å²) >= 11 is 0. The molecule has 0 bridgehead atoms. The second-order valence-corrected chi connectivity index (χ2v) is 4.19. The van der Waals surface area contributed by atoms with Crippen LogP contribution in [0.3, 0.4) is 0 Å². The quantitative estimate of drug-likeness (QED) is 0.820. The largest absolute Gasteiger partial charge is 0.323 e. The molecule has 1 heteroatoms. The second-order valence-electron chi connectivity index (χ2n) is 4.19. The van der Waals surface area contributed by atoms with Crippen molar-refractivity contribution in [2.75, 3.05) is 14.1 Å². The summed E-state index contributed by atoms with van der Waals surface area (Å²) in [5.74, 6) is 0. The number of hydrogen-bond acceptors (Lipinski definition) is 1. The average Bonchev–Trinajstić information content (AvgIpc) is 2.57. The lowest BCUT2D eigenvalue weighted by atomic mass is 10.1. The zero-order valence-corrected chi connectivity index (χ0v) is 13.0. The zero-order chi connectivity index (χ0) is 15.9. The van der Waals surface area contributed by atoms with Gasteiger partial charge in [-0.3, -0.25) is 0 Å². The molecule has 2 aromatic rings. The first-order chi connectivity index (χ1) is 10.2. The zero-order valence-electron chi connectivity index (χ0n) is 13.0. The van der Waals surface area contributed by atoms with Gasteiger partial charge in [0.05, 0.1) is 0 Å². The summed E-state index contributed by atoms with van der Waals surface area (Å²) < 4.78 is 0. The highest BCUT2D eigenvalue weighted by Gasteiger charge is 1.85. The summed E-state index contributed by atoms with van der Waals surface area (Å²) in [7, 11) is 3.75. The van der Waals surface area contributed by atoms with Crippen LogP contribution in [0.15, 0.2) is 74.3 Å². The molecule has 0 radical (unpaired) electrons. The number of nitrogens with one attached hydrogen (secondary N) is 1. The molecule has 0 aliphatic carbocycles. The number of hydrogen-bond donors (Lipinski definition) is 1. The molecule has 0 aliphatic heterocycles. The Morgan fingerprint density at radius 2 is 1.05 bits per heavy atom. The maximum atomic E-state index is 3.67. The molecule has 2 aromatic carbocycles. The van der Waals surface area contributed by atoms with Crippen LogP contribution in [0, 0.1) is 0 Å². The van der Waals surface area contributed by atoms with Crippen molar-refractivity contribution in [1.29, 1.82) is 0 Å². The summed E-state index contributed by atoms with van der Waals surface area (Å²) in [5.41, 5.74) is 3.45. The Kier molecular flexibility index (Phi) is 11.2. The van der Waals surface area contributed by atoms with Gasteiger partial charge in [0.1, 0.15) is 0 Å². The first-order valence-corrected chi connectivity index (χ1v) is 6.82. The van der Waals surface area contributed by atoms with E-state index in [1.807, 2.05) is 86.9 Å². The maximum absolute atomic E-state index is 3.67. The van der Waals surface area contributed by atoms with Gasteiger partial charge in [0.25, 0.3) is 0 Å². The van der Waals surface area contributed by atoms with Crippen LogP contribution < -0.4 is 5.32 Å². The van der Waals surface area contributed by atoms with E-state index in [0.29, 0.717) is 0 Å². The van der Waals surface area contributed by atoms with Crippen LogP contribution in [0.1, 0.15) is 16.7 Å². The summed E-state index contributed by atoms with van der Waals surface area (Å²) in [4.78, 5) is 0. The Morgan fingerprint density at radius 1 is 0.667 bits per heavy atom. The minimum Gasteiger partial charge on any atom is -0.323 e. The molecule has 0 heterocycles. The van der Waals surface area contributed by atoms with E-state index >= 15 is 0 Å². The van der Waals surface area contributed by atoms with Gasteiger partial charge in [-0.25, -0.2) is 0 Å². The van der Waals surface area contributed by atoms with Gasteiger partial charge in [-0.2, -0.15) is 0 Å². The third kappa shape index (κ3) is 9.20. The van der Waals surface area contributed by atoms with Gasteiger partial charge in [0.2, 0.25) is 0 Å². The Balaban J connectivity index is 0.000000327. The van der Waals surface area contributed by atoms with Crippen molar-refractivity contribution in [2.24, 2.45) is 0 Å². The van der Waals surface area contributed by atoms with E-state index in [0.717, 1.165) is 11.1 Å². The average molecular weight is 279 g/mol. The molecule has 0 amide bonds. The van der Waals surface area contributed by atoms with Gasteiger partial charge >= 0.3 is 0 Å². The molecule has 1 nitrogen and oxygen atoms in total. The smallest absolute Gasteiger partial charge is 0.0167 e. The summed E-state index contributed by atoms with van der Waals surface area (Å²) in [6.45, 7) is 11.0. The molecule has 1 N–H and O–H groups in total. The predicted octanol–water partition coefficient (Wildman–Crippen LogP) is 5.14. The first kappa shape index (κ1) is 18.6. The summed E-state index contributed by atoms with van der Waals surface area (Å²) in [5, 5.41) is 2.75. The van der Waals surface area contributed by atoms with Gasteiger partial charge in [0, 0.05) is 0 Å². The first-order valence-electron chi connectivity index (χ1n) is 6.82. The van der Waals surface area contributed by atoms with Gasteiger partial charge in [0.15, 0.2) is 0 Å². The Bertz CT molecular complexity index is 503. The van der Waals surface area contributed by atoms with Crippen molar-refractivity contribution in [2.45, 2.75) is 0 Å². The molecule has 0 saturated heterocycles. The van der Waals surface area contributed by atoms with Crippen LogP contribution in [0.5, 0.6) is 0 Å². The molecule has 0 aliphatic rings. The van der Waals surface area contributed by atoms with Crippen LogP contribution >= 0.6 is 0 Å². The van der Waals surface area contributed by atoms with Crippen molar-refractivity contribution in [3.63, 3.8) is 0 Å². The van der Waals surface area contributed by atoms with Crippen LogP contribution in [0.4, 0.5) is 0 Å². The van der Waals surface area contributed by atoms with Gasteiger partial charge in [-0.05, 0) is 36.9 Å². The van der Waals surface area contributed by atoms with Crippen LogP contribution in [0.25, 0.3) is 18.2 Å². The van der Waals surface area contributed by atoms with E-state index in [4.69, 9.17) is 0 Å². The maximum Gasteiger partial charge on any atom is -0.0167 e. The van der Waals surface area contributed by atoms with E-state index in [1.165, 1.54) is 5.56 Å². The molecule has 0 fully saturated rings. The second kappa shape index (κ2) is 12.6. The molecular formula is C20H25N. The Hall–Kier alpha value is -2.38. The molecular weight excluding hydrogens is 254 g/mol. The summed E-state index contributed by atoms with van der Waals surface area (Å²) in [6.07, 6.45) is 5.49. The normalized spacial score (nSPS) is 8.29. The van der Waals surface area contributed by atoms with E-state index < -0.39 is 0 Å². The van der Waals surface area contributed by atoms with Crippen LogP contribution in [-0.2, 0) is 0 Å². The minimum atomic E-state index is 1.14. The van der Waals surface area contributed by atoms with Crippen molar-refractivity contribution >= 4 is 18.2 Å². The lowest BCUT2D eigenvalue weighted by molar-refractivity contribution is 1.02. The third-order valence-corrected chi connectivity index (χ3v) is 2.42. The SMILES string of the molecule is C=Cc1cccc(C=C)c1.C=Cc1ccccc1.CNC. The van der Waals surface area contributed by atoms with Crippen molar-refractivity contribution in [3.8, 4) is 0 Å². The molecule has 0 unspecified atom stereocenters. The van der Waals surface area contributed by atoms with E-state index in [-0.39, 0.29) is 0 Å². The fourth-order valence-electron chi connectivity index (χ4n) is 1.40. The molecule has 110 valence electrons. The minimum absolute atomic E-state index is 1.14. The highest BCUT2D eigenvalue weighted by molar-refractivity contribution is 5.55. The van der Waals surface area contributed by atoms with Gasteiger partial charge in [-0.15, -0.1) is 0 Å². The lowest BCUT2D eigenvalue weighted by Gasteiger charge is -1.93. The predicted molar refractivity (Wildman–Crippen MR) is 98.1 cm³/mol. The van der Waals surface area contributed by atoms with Gasteiger partial charge < -0.3 is 5.32 Å². The van der Waals surface area contributed by atoms with Crippen molar-refractivity contribution < 1.29 is 0 Å². The fourth-order valence-corrected chi connectivity index (χ4v) is 1.40. The van der Waals surface area contributed by atoms with E-state index in [1.54, 1.807) is 0 Å². The standard InChI is InChI=1S/C10H10.C8H8.C2H7N/c1-3-9-6-5-7-10(4-2)8-9;1-2-8-6-4-3-5-7-8;1-3-2/h3-8H,1-2H2;2-7H,1H2;3H,1-2H3. The van der Waals surface area contributed by atoms with Crippen LogP contribution in [-0.4, -0.2) is 14.1 Å². The molecule has 0 atom stereocenters. The number of benzene rings is 2. The number of rotatable bonds is 3. The van der Waals surface area contributed by atoms with E-state index in [9.17, 15) is 0 Å². The van der Waals surface area contributed by atoms with Crippen molar-refractivity contribution in [1.82, 2.24) is 5.32 Å². The summed E-state index contributed by atoms with van der Waals surface area (Å²) in [6, 6.07) is 18.1. The highest BCUT2D eigenvalue weighted by Crippen LogP contribution is 2.06. The molecule has 0 saturated carbocycles. The molecule has 0 aromatic heterocycles.